The molecule has 1 N–H and O–H groups in total. The molecule has 2 rings (SSSR count). The summed E-state index contributed by atoms with van der Waals surface area (Å²) in [4.78, 5) is 10.8. The van der Waals surface area contributed by atoms with Gasteiger partial charge in [-0.25, -0.2) is 9.18 Å². The van der Waals surface area contributed by atoms with Crippen LogP contribution in [0, 0.1) is 5.82 Å². The van der Waals surface area contributed by atoms with Gasteiger partial charge in [-0.15, -0.1) is 0 Å². The summed E-state index contributed by atoms with van der Waals surface area (Å²) >= 11 is 0. The van der Waals surface area contributed by atoms with Gasteiger partial charge in [0.1, 0.15) is 11.6 Å². The average molecular weight is 302 g/mol. The van der Waals surface area contributed by atoms with Crippen LogP contribution in [0.3, 0.4) is 0 Å². The molecule has 22 heavy (non-hydrogen) atoms. The molecule has 0 unspecified atom stereocenters. The van der Waals surface area contributed by atoms with Crippen molar-refractivity contribution in [1.29, 1.82) is 0 Å². The number of hydrogen-bond acceptors (Lipinski definition) is 2. The van der Waals surface area contributed by atoms with Crippen LogP contribution in [-0.2, 0) is 6.42 Å². The van der Waals surface area contributed by atoms with Crippen LogP contribution in [0.15, 0.2) is 42.5 Å². The molecule has 0 heterocycles. The van der Waals surface area contributed by atoms with Gasteiger partial charge in [0, 0.05) is 5.56 Å². The fourth-order valence-electron chi connectivity index (χ4n) is 2.35. The second kappa shape index (κ2) is 7.59. The van der Waals surface area contributed by atoms with Gasteiger partial charge in [-0.1, -0.05) is 38.0 Å². The van der Waals surface area contributed by atoms with E-state index in [1.165, 1.54) is 12.1 Å². The Labute approximate surface area is 129 Å². The molecule has 4 heteroatoms. The quantitative estimate of drug-likeness (QED) is 0.448. The van der Waals surface area contributed by atoms with Crippen LogP contribution in [0.25, 0.3) is 11.1 Å². The highest BCUT2D eigenvalue weighted by atomic mass is 19.1. The largest absolute Gasteiger partial charge is 0.511 e. The normalized spacial score (nSPS) is 10.5. The molecule has 116 valence electrons. The summed E-state index contributed by atoms with van der Waals surface area (Å²) in [7, 11) is 0. The van der Waals surface area contributed by atoms with Gasteiger partial charge in [0.15, 0.2) is 0 Å². The van der Waals surface area contributed by atoms with E-state index in [0.717, 1.165) is 36.8 Å². The van der Waals surface area contributed by atoms with E-state index >= 15 is 0 Å². The molecule has 0 amide bonds. The molecule has 0 bridgehead atoms. The molecule has 0 saturated heterocycles. The fourth-order valence-corrected chi connectivity index (χ4v) is 2.35. The maximum Gasteiger partial charge on any atom is 0.511 e. The predicted octanol–water partition coefficient (Wildman–Crippen LogP) is 5.28. The number of rotatable bonds is 6. The van der Waals surface area contributed by atoms with Crippen LogP contribution >= 0.6 is 0 Å². The van der Waals surface area contributed by atoms with E-state index in [0.29, 0.717) is 5.56 Å². The highest BCUT2D eigenvalue weighted by Crippen LogP contribution is 2.32. The number of carboxylic acid groups (broad SMARTS) is 1. The highest BCUT2D eigenvalue weighted by Gasteiger charge is 2.11. The van der Waals surface area contributed by atoms with Crippen molar-refractivity contribution in [2.75, 3.05) is 0 Å². The van der Waals surface area contributed by atoms with E-state index in [2.05, 4.69) is 6.92 Å². The van der Waals surface area contributed by atoms with Gasteiger partial charge in [0.2, 0.25) is 0 Å². The Morgan fingerprint density at radius 3 is 2.50 bits per heavy atom. The Hall–Kier alpha value is -2.36. The lowest BCUT2D eigenvalue weighted by atomic mass is 9.99. The zero-order valence-electron chi connectivity index (χ0n) is 12.5. The maximum absolute atomic E-state index is 13.1. The molecule has 0 aliphatic rings. The van der Waals surface area contributed by atoms with E-state index in [1.807, 2.05) is 12.1 Å². The summed E-state index contributed by atoms with van der Waals surface area (Å²) in [6, 6.07) is 11.4. The number of ether oxygens (including phenoxy) is 1. The van der Waals surface area contributed by atoms with Crippen LogP contribution in [-0.4, -0.2) is 11.3 Å². The minimum absolute atomic E-state index is 0.262. The molecular formula is C18H19FO3. The number of halogens is 1. The van der Waals surface area contributed by atoms with Crippen molar-refractivity contribution in [3.05, 3.63) is 53.8 Å². The van der Waals surface area contributed by atoms with Crippen LogP contribution in [0.5, 0.6) is 5.75 Å². The standard InChI is InChI=1S/C18H19FO3/c1-2-3-4-5-13-6-11-17(22-18(20)21)16(12-13)14-7-9-15(19)10-8-14/h6-12H,2-5H2,1H3,(H,20,21). The average Bonchev–Trinajstić information content (AvgIpc) is 2.49. The first kappa shape index (κ1) is 16.0. The smallest absolute Gasteiger partial charge is 0.449 e. The molecule has 0 aromatic heterocycles. The van der Waals surface area contributed by atoms with Gasteiger partial charge < -0.3 is 9.84 Å². The Morgan fingerprint density at radius 2 is 1.86 bits per heavy atom. The van der Waals surface area contributed by atoms with Crippen LogP contribution in [0.4, 0.5) is 9.18 Å². The molecule has 2 aromatic rings. The van der Waals surface area contributed by atoms with Crippen LogP contribution < -0.4 is 4.74 Å². The number of aryl methyl sites for hydroxylation is 1. The molecule has 2 aromatic carbocycles. The summed E-state index contributed by atoms with van der Waals surface area (Å²) < 4.78 is 17.9. The first-order valence-corrected chi connectivity index (χ1v) is 7.40. The number of unbranched alkanes of at least 4 members (excludes halogenated alkanes) is 2. The third kappa shape index (κ3) is 4.32. The third-order valence-electron chi connectivity index (χ3n) is 3.47. The van der Waals surface area contributed by atoms with Gasteiger partial charge >= 0.3 is 6.16 Å². The van der Waals surface area contributed by atoms with Gasteiger partial charge in [-0.05, 0) is 48.2 Å². The topological polar surface area (TPSA) is 46.5 Å². The zero-order valence-corrected chi connectivity index (χ0v) is 12.5. The SMILES string of the molecule is CCCCCc1ccc(OC(=O)O)c(-c2ccc(F)cc2)c1. The second-order valence-corrected chi connectivity index (χ2v) is 5.16. The van der Waals surface area contributed by atoms with Crippen molar-refractivity contribution in [2.45, 2.75) is 32.6 Å². The van der Waals surface area contributed by atoms with E-state index < -0.39 is 6.16 Å². The van der Waals surface area contributed by atoms with Crippen molar-refractivity contribution < 1.29 is 19.0 Å². The Bertz CT molecular complexity index is 635. The number of benzene rings is 2. The first-order chi connectivity index (χ1) is 10.6. The molecule has 3 nitrogen and oxygen atoms in total. The van der Waals surface area contributed by atoms with E-state index in [9.17, 15) is 9.18 Å². The third-order valence-corrected chi connectivity index (χ3v) is 3.47. The Balaban J connectivity index is 2.34. The first-order valence-electron chi connectivity index (χ1n) is 7.40. The zero-order chi connectivity index (χ0) is 15.9. The second-order valence-electron chi connectivity index (χ2n) is 5.16. The summed E-state index contributed by atoms with van der Waals surface area (Å²) in [5.74, 6) is -0.0677. The molecule has 0 fully saturated rings. The predicted molar refractivity (Wildman–Crippen MR) is 83.7 cm³/mol. The minimum Gasteiger partial charge on any atom is -0.449 e. The van der Waals surface area contributed by atoms with Crippen molar-refractivity contribution in [1.82, 2.24) is 0 Å². The Morgan fingerprint density at radius 1 is 1.14 bits per heavy atom. The molecular weight excluding hydrogens is 283 g/mol. The van der Waals surface area contributed by atoms with Gasteiger partial charge in [0.25, 0.3) is 0 Å². The summed E-state index contributed by atoms with van der Waals surface area (Å²) in [6.07, 6.45) is 2.94. The molecule has 0 saturated carbocycles. The van der Waals surface area contributed by atoms with E-state index in [4.69, 9.17) is 9.84 Å². The molecule has 0 aliphatic carbocycles. The molecule has 0 spiro atoms. The number of carbonyl (C=O) groups is 1. The monoisotopic (exact) mass is 302 g/mol. The van der Waals surface area contributed by atoms with Crippen LogP contribution in [0.2, 0.25) is 0 Å². The summed E-state index contributed by atoms with van der Waals surface area (Å²) in [5.41, 5.74) is 2.51. The molecule has 0 aliphatic heterocycles. The van der Waals surface area contributed by atoms with E-state index in [-0.39, 0.29) is 11.6 Å². The lowest BCUT2D eigenvalue weighted by molar-refractivity contribution is 0.144. The maximum atomic E-state index is 13.1. The van der Waals surface area contributed by atoms with Gasteiger partial charge in [0.05, 0.1) is 0 Å². The van der Waals surface area contributed by atoms with Crippen molar-refractivity contribution in [3.8, 4) is 16.9 Å². The summed E-state index contributed by atoms with van der Waals surface area (Å²) in [6.45, 7) is 2.15. The van der Waals surface area contributed by atoms with E-state index in [1.54, 1.807) is 18.2 Å². The van der Waals surface area contributed by atoms with Crippen molar-refractivity contribution in [3.63, 3.8) is 0 Å². The minimum atomic E-state index is -1.36. The van der Waals surface area contributed by atoms with Crippen molar-refractivity contribution >= 4 is 6.16 Å². The summed E-state index contributed by atoms with van der Waals surface area (Å²) in [5, 5.41) is 8.84. The molecule has 0 atom stereocenters. The Kier molecular flexibility index (Phi) is 5.53. The number of hydrogen-bond donors (Lipinski definition) is 1. The van der Waals surface area contributed by atoms with Crippen LogP contribution in [0.1, 0.15) is 31.7 Å². The van der Waals surface area contributed by atoms with Gasteiger partial charge in [-0.2, -0.15) is 0 Å². The van der Waals surface area contributed by atoms with Crippen molar-refractivity contribution in [2.24, 2.45) is 0 Å². The fraction of sp³-hybridized carbons (Fsp3) is 0.278. The molecule has 0 radical (unpaired) electrons. The lowest BCUT2D eigenvalue weighted by Crippen LogP contribution is -2.04. The lowest BCUT2D eigenvalue weighted by Gasteiger charge is -2.11. The van der Waals surface area contributed by atoms with Gasteiger partial charge in [-0.3, -0.25) is 0 Å². The highest BCUT2D eigenvalue weighted by molar-refractivity contribution is 5.74.